The van der Waals surface area contributed by atoms with Crippen LogP contribution in [0.4, 0.5) is 11.4 Å². The molecule has 246 valence electrons. The van der Waals surface area contributed by atoms with Crippen molar-refractivity contribution in [1.82, 2.24) is 14.8 Å². The lowest BCUT2D eigenvalue weighted by molar-refractivity contribution is -0.137. The number of likely N-dealkylation sites (N-methyl/N-ethyl adjacent to an activating group) is 1. The fourth-order valence-electron chi connectivity index (χ4n) is 5.30. The number of halogens is 2. The molecular weight excluding hydrogens is 627 g/mol. The molecule has 2 heterocycles. The molecule has 46 heavy (non-hydrogen) atoms. The molecule has 3 amide bonds. The van der Waals surface area contributed by atoms with Gasteiger partial charge in [-0.05, 0) is 75.2 Å². The van der Waals surface area contributed by atoms with Crippen LogP contribution < -0.4 is 14.5 Å². The lowest BCUT2D eigenvalue weighted by atomic mass is 9.90. The Morgan fingerprint density at radius 2 is 1.70 bits per heavy atom. The molecule has 0 bridgehead atoms. The summed E-state index contributed by atoms with van der Waals surface area (Å²) in [6, 6.07) is 18.3. The van der Waals surface area contributed by atoms with Crippen LogP contribution >= 0.6 is 24.8 Å². The zero-order chi connectivity index (χ0) is 31.9. The van der Waals surface area contributed by atoms with Gasteiger partial charge in [-0.1, -0.05) is 6.07 Å². The highest BCUT2D eigenvalue weighted by molar-refractivity contribution is 6.20. The van der Waals surface area contributed by atoms with Crippen molar-refractivity contribution in [3.8, 4) is 11.8 Å². The van der Waals surface area contributed by atoms with Crippen LogP contribution in [0.3, 0.4) is 0 Å². The van der Waals surface area contributed by atoms with E-state index in [4.69, 9.17) is 4.74 Å². The summed E-state index contributed by atoms with van der Waals surface area (Å²) in [5.74, 6) is 0.0105. The van der Waals surface area contributed by atoms with Gasteiger partial charge < -0.3 is 19.4 Å². The number of hydrogen-bond donors (Lipinski definition) is 0. The first-order valence-electron chi connectivity index (χ1n) is 14.8. The average molecular weight is 670 g/mol. The predicted molar refractivity (Wildman–Crippen MR) is 184 cm³/mol. The molecule has 1 aromatic heterocycles. The van der Waals surface area contributed by atoms with Crippen molar-refractivity contribution in [2.24, 2.45) is 5.41 Å². The fourth-order valence-corrected chi connectivity index (χ4v) is 5.30. The lowest BCUT2D eigenvalue weighted by Gasteiger charge is -2.27. The molecule has 1 aliphatic heterocycles. The van der Waals surface area contributed by atoms with Crippen LogP contribution in [-0.4, -0.2) is 79.4 Å². The molecule has 0 saturated heterocycles. The van der Waals surface area contributed by atoms with E-state index in [2.05, 4.69) is 16.0 Å². The number of benzene rings is 2. The number of nitriles is 1. The Labute approximate surface area is 283 Å². The molecule has 0 aliphatic carbocycles. The van der Waals surface area contributed by atoms with E-state index in [-0.39, 0.29) is 42.5 Å². The quantitative estimate of drug-likeness (QED) is 0.193. The maximum Gasteiger partial charge on any atom is 0.253 e. The van der Waals surface area contributed by atoms with E-state index < -0.39 is 5.41 Å². The third kappa shape index (κ3) is 8.75. The third-order valence-electron chi connectivity index (χ3n) is 7.91. The molecule has 4 rings (SSSR count). The van der Waals surface area contributed by atoms with E-state index in [1.165, 1.54) is 0 Å². The van der Waals surface area contributed by atoms with Gasteiger partial charge >= 0.3 is 0 Å². The Balaban J connectivity index is 0.00000368. The van der Waals surface area contributed by atoms with E-state index in [0.29, 0.717) is 61.0 Å². The van der Waals surface area contributed by atoms with E-state index in [0.717, 1.165) is 18.5 Å². The number of amides is 3. The number of carbonyl (C=O) groups is 3. The van der Waals surface area contributed by atoms with Crippen LogP contribution in [0.5, 0.6) is 5.75 Å². The largest absolute Gasteiger partial charge is 0.493 e. The minimum Gasteiger partial charge on any atom is -0.493 e. The predicted octanol–water partition coefficient (Wildman–Crippen LogP) is 5.20. The van der Waals surface area contributed by atoms with E-state index >= 15 is 0 Å². The minimum absolute atomic E-state index is 0. The second kappa shape index (κ2) is 16.9. The molecule has 0 fully saturated rings. The molecule has 0 saturated carbocycles. The molecule has 3 aromatic rings. The van der Waals surface area contributed by atoms with Crippen LogP contribution in [-0.2, 0) is 16.1 Å². The zero-order valence-corrected chi connectivity index (χ0v) is 28.6. The van der Waals surface area contributed by atoms with Gasteiger partial charge in [0, 0.05) is 70.8 Å². The molecule has 1 aliphatic rings. The minimum atomic E-state index is -1.16. The van der Waals surface area contributed by atoms with Gasteiger partial charge in [-0.15, -0.1) is 24.8 Å². The average Bonchev–Trinajstić information content (AvgIpc) is 3.09. The van der Waals surface area contributed by atoms with E-state index in [1.807, 2.05) is 37.3 Å². The summed E-state index contributed by atoms with van der Waals surface area (Å²) in [4.78, 5) is 50.5. The second-order valence-electron chi connectivity index (χ2n) is 11.4. The molecule has 10 nitrogen and oxygen atoms in total. The molecule has 12 heteroatoms. The van der Waals surface area contributed by atoms with Gasteiger partial charge in [-0.2, -0.15) is 5.26 Å². The van der Waals surface area contributed by atoms with Crippen LogP contribution in [0.2, 0.25) is 0 Å². The van der Waals surface area contributed by atoms with E-state index in [9.17, 15) is 19.6 Å². The number of fused-ring (bicyclic) bond motifs is 1. The number of pyridine rings is 1. The van der Waals surface area contributed by atoms with Gasteiger partial charge in [-0.25, -0.2) is 0 Å². The number of hydrogen-bond acceptors (Lipinski definition) is 7. The lowest BCUT2D eigenvalue weighted by Crippen LogP contribution is -2.47. The van der Waals surface area contributed by atoms with Gasteiger partial charge in [0.05, 0.1) is 29.6 Å². The maximum atomic E-state index is 13.1. The molecule has 0 atom stereocenters. The highest BCUT2D eigenvalue weighted by atomic mass is 35.5. The topological polar surface area (TPSA) is 110 Å². The summed E-state index contributed by atoms with van der Waals surface area (Å²) >= 11 is 0. The van der Waals surface area contributed by atoms with Crippen LogP contribution in [0.25, 0.3) is 0 Å². The Hall–Kier alpha value is -4.17. The monoisotopic (exact) mass is 668 g/mol. The standard InChI is InChI=1S/C34H40N6O4.2ClH/c1-6-40-29-12-11-28(22-30(29)38(5)32(42)34(2,3)33(40)43)44-20-8-17-39(24-25-13-15-36-16-14-25)19-18-37(4)31(41)27-10-7-9-26(21-27)23-35;;/h7,9-16,21-22H,6,8,17-20,24H2,1-5H3;2*1H. The Bertz CT molecular complexity index is 1550. The van der Waals surface area contributed by atoms with Gasteiger partial charge in [0.15, 0.2) is 0 Å². The first-order chi connectivity index (χ1) is 21.1. The summed E-state index contributed by atoms with van der Waals surface area (Å²) in [5.41, 5.74) is 2.23. The number of aromatic nitrogens is 1. The zero-order valence-electron chi connectivity index (χ0n) is 26.9. The highest BCUT2D eigenvalue weighted by Crippen LogP contribution is 2.40. The number of rotatable bonds is 12. The molecule has 0 spiro atoms. The molecule has 0 N–H and O–H groups in total. The fraction of sp³-hybridized carbons (Fsp3) is 0.382. The van der Waals surface area contributed by atoms with Gasteiger partial charge in [0.2, 0.25) is 11.8 Å². The van der Waals surface area contributed by atoms with E-state index in [1.54, 1.807) is 79.3 Å². The highest BCUT2D eigenvalue weighted by Gasteiger charge is 2.45. The Kier molecular flexibility index (Phi) is 14.0. The van der Waals surface area contributed by atoms with Crippen LogP contribution in [0.1, 0.15) is 48.7 Å². The summed E-state index contributed by atoms with van der Waals surface area (Å²) in [5, 5.41) is 9.18. The number of carbonyl (C=O) groups excluding carboxylic acids is 3. The molecule has 0 unspecified atom stereocenters. The summed E-state index contributed by atoms with van der Waals surface area (Å²) in [7, 11) is 3.46. The first kappa shape index (κ1) is 38.0. The normalized spacial score (nSPS) is 13.6. The maximum absolute atomic E-state index is 13.1. The SMILES string of the molecule is CCN1C(=O)C(C)(C)C(=O)N(C)c2cc(OCCCN(CCN(C)C(=O)c3cccc(C#N)c3)Cc3ccncc3)ccc21.Cl.Cl. The van der Waals surface area contributed by atoms with Crippen LogP contribution in [0, 0.1) is 16.7 Å². The van der Waals surface area contributed by atoms with Crippen molar-refractivity contribution in [3.05, 3.63) is 83.7 Å². The van der Waals surface area contributed by atoms with Gasteiger partial charge in [-0.3, -0.25) is 24.3 Å². The summed E-state index contributed by atoms with van der Waals surface area (Å²) in [6.45, 7) is 8.70. The first-order valence-corrected chi connectivity index (χ1v) is 14.8. The van der Waals surface area contributed by atoms with Crippen molar-refractivity contribution in [2.75, 3.05) is 56.7 Å². The molecule has 2 aromatic carbocycles. The summed E-state index contributed by atoms with van der Waals surface area (Å²) in [6.07, 6.45) is 4.26. The van der Waals surface area contributed by atoms with Crippen molar-refractivity contribution in [2.45, 2.75) is 33.7 Å². The summed E-state index contributed by atoms with van der Waals surface area (Å²) < 4.78 is 6.12. The van der Waals surface area contributed by atoms with Gasteiger partial charge in [0.1, 0.15) is 11.2 Å². The number of nitrogens with zero attached hydrogens (tertiary/aromatic N) is 6. The Morgan fingerprint density at radius 1 is 0.978 bits per heavy atom. The smallest absolute Gasteiger partial charge is 0.253 e. The number of ether oxygens (including phenoxy) is 1. The Morgan fingerprint density at radius 3 is 2.37 bits per heavy atom. The van der Waals surface area contributed by atoms with Crippen molar-refractivity contribution >= 4 is 53.9 Å². The van der Waals surface area contributed by atoms with Crippen molar-refractivity contribution in [1.29, 1.82) is 5.26 Å². The van der Waals surface area contributed by atoms with Crippen molar-refractivity contribution in [3.63, 3.8) is 0 Å². The van der Waals surface area contributed by atoms with Crippen LogP contribution in [0.15, 0.2) is 67.0 Å². The molecular formula is C34H42Cl2N6O4. The number of anilines is 2. The molecule has 0 radical (unpaired) electrons. The van der Waals surface area contributed by atoms with Crippen molar-refractivity contribution < 1.29 is 19.1 Å². The van der Waals surface area contributed by atoms with Gasteiger partial charge in [0.25, 0.3) is 5.91 Å². The third-order valence-corrected chi connectivity index (χ3v) is 7.91. The second-order valence-corrected chi connectivity index (χ2v) is 11.4.